The van der Waals surface area contributed by atoms with Gasteiger partial charge in [0, 0.05) is 29.0 Å². The second-order valence-electron chi connectivity index (χ2n) is 7.02. The lowest BCUT2D eigenvalue weighted by atomic mass is 10.0. The highest BCUT2D eigenvalue weighted by molar-refractivity contribution is 5.98. The van der Waals surface area contributed by atoms with Crippen molar-refractivity contribution in [3.63, 3.8) is 0 Å². The molecule has 0 bridgehead atoms. The Kier molecular flexibility index (Phi) is 4.56. The van der Waals surface area contributed by atoms with Gasteiger partial charge in [0.25, 0.3) is 0 Å². The average Bonchev–Trinajstić information content (AvgIpc) is 3.31. The summed E-state index contributed by atoms with van der Waals surface area (Å²) in [7, 11) is 0. The molecule has 0 spiro atoms. The first-order chi connectivity index (χ1) is 14.7. The third kappa shape index (κ3) is 3.24. The Morgan fingerprint density at radius 1 is 0.933 bits per heavy atom. The first kappa shape index (κ1) is 18.2. The summed E-state index contributed by atoms with van der Waals surface area (Å²) in [6.07, 6.45) is 10.4. The van der Waals surface area contributed by atoms with Gasteiger partial charge in [-0.15, -0.1) is 0 Å². The van der Waals surface area contributed by atoms with E-state index in [2.05, 4.69) is 33.5 Å². The number of halogens is 2. The fraction of sp³-hybridized carbons (Fsp3) is 0.0400. The maximum Gasteiger partial charge on any atom is 0.173 e. The SMILES string of the molecule is Fc1ccccc1-c1nc2ccc(C3=CCC=C3)cc2c(Nc2ccncc2)c1F. The van der Waals surface area contributed by atoms with Gasteiger partial charge < -0.3 is 5.32 Å². The van der Waals surface area contributed by atoms with E-state index in [1.54, 1.807) is 36.7 Å². The number of anilines is 2. The molecule has 4 aromatic rings. The molecule has 1 N–H and O–H groups in total. The molecule has 2 aromatic carbocycles. The van der Waals surface area contributed by atoms with E-state index in [9.17, 15) is 4.39 Å². The number of pyridine rings is 2. The Morgan fingerprint density at radius 3 is 2.53 bits per heavy atom. The number of allylic oxidation sites excluding steroid dienone is 4. The first-order valence-corrected chi connectivity index (χ1v) is 9.63. The highest BCUT2D eigenvalue weighted by Crippen LogP contribution is 2.37. The van der Waals surface area contributed by atoms with Gasteiger partial charge in [-0.2, -0.15) is 0 Å². The molecule has 0 fully saturated rings. The molecule has 0 unspecified atom stereocenters. The minimum Gasteiger partial charge on any atom is -0.352 e. The predicted octanol–water partition coefficient (Wildman–Crippen LogP) is 6.66. The van der Waals surface area contributed by atoms with Crippen LogP contribution in [0.5, 0.6) is 0 Å². The molecule has 5 heteroatoms. The number of nitrogens with one attached hydrogen (secondary N) is 1. The Bertz CT molecular complexity index is 1310. The summed E-state index contributed by atoms with van der Waals surface area (Å²) in [5.41, 5.74) is 3.69. The summed E-state index contributed by atoms with van der Waals surface area (Å²) >= 11 is 0. The fourth-order valence-electron chi connectivity index (χ4n) is 3.63. The van der Waals surface area contributed by atoms with Crippen molar-refractivity contribution in [1.82, 2.24) is 9.97 Å². The van der Waals surface area contributed by atoms with Gasteiger partial charge in [-0.25, -0.2) is 13.8 Å². The van der Waals surface area contributed by atoms with E-state index in [0.717, 1.165) is 17.6 Å². The van der Waals surface area contributed by atoms with Crippen molar-refractivity contribution in [2.75, 3.05) is 5.32 Å². The fourth-order valence-corrected chi connectivity index (χ4v) is 3.63. The number of hydrogen-bond acceptors (Lipinski definition) is 3. The minimum atomic E-state index is -0.600. The van der Waals surface area contributed by atoms with Gasteiger partial charge in [0.05, 0.1) is 11.2 Å². The Labute approximate surface area is 172 Å². The third-order valence-corrected chi connectivity index (χ3v) is 5.11. The van der Waals surface area contributed by atoms with E-state index >= 15 is 4.39 Å². The molecule has 0 radical (unpaired) electrons. The molecule has 2 heterocycles. The van der Waals surface area contributed by atoms with E-state index in [1.807, 2.05) is 18.2 Å². The largest absolute Gasteiger partial charge is 0.352 e. The first-order valence-electron chi connectivity index (χ1n) is 9.63. The lowest BCUT2D eigenvalue weighted by Gasteiger charge is -2.15. The summed E-state index contributed by atoms with van der Waals surface area (Å²) < 4.78 is 30.2. The van der Waals surface area contributed by atoms with E-state index in [-0.39, 0.29) is 16.9 Å². The number of fused-ring (bicyclic) bond motifs is 1. The number of benzene rings is 2. The Hall–Kier alpha value is -3.86. The van der Waals surface area contributed by atoms with Crippen LogP contribution in [0, 0.1) is 11.6 Å². The Balaban J connectivity index is 1.76. The number of hydrogen-bond donors (Lipinski definition) is 1. The van der Waals surface area contributed by atoms with Crippen molar-refractivity contribution >= 4 is 27.9 Å². The molecule has 0 saturated heterocycles. The van der Waals surface area contributed by atoms with Gasteiger partial charge in [-0.1, -0.05) is 36.4 Å². The number of aromatic nitrogens is 2. The third-order valence-electron chi connectivity index (χ3n) is 5.11. The molecule has 0 aliphatic heterocycles. The van der Waals surface area contributed by atoms with Crippen LogP contribution in [-0.2, 0) is 0 Å². The van der Waals surface area contributed by atoms with Gasteiger partial charge in [0.1, 0.15) is 11.5 Å². The number of rotatable bonds is 4. The maximum atomic E-state index is 15.7. The molecule has 1 aliphatic carbocycles. The highest BCUT2D eigenvalue weighted by Gasteiger charge is 2.20. The number of nitrogens with zero attached hydrogens (tertiary/aromatic N) is 2. The quantitative estimate of drug-likeness (QED) is 0.418. The molecule has 30 heavy (non-hydrogen) atoms. The topological polar surface area (TPSA) is 37.8 Å². The molecule has 0 saturated carbocycles. The second-order valence-corrected chi connectivity index (χ2v) is 7.02. The van der Waals surface area contributed by atoms with Gasteiger partial charge in [-0.3, -0.25) is 4.98 Å². The van der Waals surface area contributed by atoms with Crippen LogP contribution >= 0.6 is 0 Å². The zero-order chi connectivity index (χ0) is 20.5. The zero-order valence-corrected chi connectivity index (χ0v) is 15.9. The normalized spacial score (nSPS) is 12.9. The summed E-state index contributed by atoms with van der Waals surface area (Å²) in [4.78, 5) is 8.48. The van der Waals surface area contributed by atoms with E-state index in [4.69, 9.17) is 0 Å². The van der Waals surface area contributed by atoms with Gasteiger partial charge in [0.2, 0.25) is 0 Å². The van der Waals surface area contributed by atoms with Crippen molar-refractivity contribution in [3.05, 3.63) is 102 Å². The van der Waals surface area contributed by atoms with Crippen LogP contribution < -0.4 is 5.32 Å². The smallest absolute Gasteiger partial charge is 0.173 e. The summed E-state index contributed by atoms with van der Waals surface area (Å²) in [6, 6.07) is 15.3. The molecule has 0 atom stereocenters. The lowest BCUT2D eigenvalue weighted by molar-refractivity contribution is 0.615. The van der Waals surface area contributed by atoms with Gasteiger partial charge >= 0.3 is 0 Å². The molecule has 0 amide bonds. The predicted molar refractivity (Wildman–Crippen MR) is 116 cm³/mol. The van der Waals surface area contributed by atoms with Crippen molar-refractivity contribution in [2.45, 2.75) is 6.42 Å². The van der Waals surface area contributed by atoms with Crippen LogP contribution in [0.2, 0.25) is 0 Å². The molecular weight excluding hydrogens is 380 g/mol. The van der Waals surface area contributed by atoms with E-state index < -0.39 is 11.6 Å². The van der Waals surface area contributed by atoms with Crippen LogP contribution in [0.25, 0.3) is 27.7 Å². The molecule has 5 rings (SSSR count). The van der Waals surface area contributed by atoms with Crippen molar-refractivity contribution in [1.29, 1.82) is 0 Å². The van der Waals surface area contributed by atoms with Gasteiger partial charge in [0.15, 0.2) is 5.82 Å². The van der Waals surface area contributed by atoms with Crippen LogP contribution in [0.1, 0.15) is 12.0 Å². The summed E-state index contributed by atoms with van der Waals surface area (Å²) in [6.45, 7) is 0. The molecular formula is C25H17F2N3. The molecule has 146 valence electrons. The van der Waals surface area contributed by atoms with E-state index in [1.165, 1.54) is 12.1 Å². The average molecular weight is 397 g/mol. The maximum absolute atomic E-state index is 15.7. The highest BCUT2D eigenvalue weighted by atomic mass is 19.1. The van der Waals surface area contributed by atoms with Crippen molar-refractivity contribution in [2.24, 2.45) is 0 Å². The van der Waals surface area contributed by atoms with Crippen molar-refractivity contribution < 1.29 is 8.78 Å². The van der Waals surface area contributed by atoms with Gasteiger partial charge in [-0.05, 0) is 54.0 Å². The lowest BCUT2D eigenvalue weighted by Crippen LogP contribution is -2.02. The monoisotopic (exact) mass is 397 g/mol. The van der Waals surface area contributed by atoms with Crippen molar-refractivity contribution in [3.8, 4) is 11.3 Å². The summed E-state index contributed by atoms with van der Waals surface area (Å²) in [5, 5.41) is 3.78. The molecule has 1 aliphatic rings. The molecule has 3 nitrogen and oxygen atoms in total. The van der Waals surface area contributed by atoms with E-state index in [0.29, 0.717) is 16.6 Å². The standard InChI is InChI=1S/C25H17F2N3/c26-21-8-4-3-7-19(21)24-23(27)25(29-18-11-13-28-14-12-18)20-15-17(9-10-22(20)30-24)16-5-1-2-6-16/h1,3-15H,2H2,(H,28,29,30). The van der Waals surface area contributed by atoms with Crippen LogP contribution in [0.4, 0.5) is 20.2 Å². The minimum absolute atomic E-state index is 0.0233. The Morgan fingerprint density at radius 2 is 1.77 bits per heavy atom. The van der Waals surface area contributed by atoms with Crippen LogP contribution in [0.3, 0.4) is 0 Å². The second kappa shape index (κ2) is 7.52. The van der Waals surface area contributed by atoms with Crippen LogP contribution in [-0.4, -0.2) is 9.97 Å². The van der Waals surface area contributed by atoms with Crippen LogP contribution in [0.15, 0.2) is 85.2 Å². The zero-order valence-electron chi connectivity index (χ0n) is 15.9. The molecule has 2 aromatic heterocycles. The summed E-state index contributed by atoms with van der Waals surface area (Å²) in [5.74, 6) is -1.12.